The van der Waals surface area contributed by atoms with Gasteiger partial charge in [0.1, 0.15) is 6.10 Å². The normalized spacial score (nSPS) is 31.3. The van der Waals surface area contributed by atoms with Gasteiger partial charge in [-0.2, -0.15) is 0 Å². The fourth-order valence-corrected chi connectivity index (χ4v) is 2.88. The van der Waals surface area contributed by atoms with E-state index >= 15 is 0 Å². The minimum atomic E-state index is -0.508. The lowest BCUT2D eigenvalue weighted by Gasteiger charge is -2.37. The van der Waals surface area contributed by atoms with Crippen molar-refractivity contribution >= 4 is 55.1 Å². The summed E-state index contributed by atoms with van der Waals surface area (Å²) >= 11 is 19.1. The molecule has 1 nitrogen and oxygen atoms in total. The van der Waals surface area contributed by atoms with Crippen LogP contribution < -0.4 is 0 Å². The summed E-state index contributed by atoms with van der Waals surface area (Å²) in [7, 11) is 0. The summed E-state index contributed by atoms with van der Waals surface area (Å²) in [5.74, 6) is 0.383. The Balaban J connectivity index is 2.76. The lowest BCUT2D eigenvalue weighted by atomic mass is 9.97. The zero-order valence-electron chi connectivity index (χ0n) is 8.64. The van der Waals surface area contributed by atoms with Gasteiger partial charge in [0.05, 0.1) is 14.7 Å². The van der Waals surface area contributed by atoms with Crippen molar-refractivity contribution in [3.8, 4) is 0 Å². The van der Waals surface area contributed by atoms with E-state index in [9.17, 15) is 0 Å². The molecule has 0 radical (unpaired) electrons. The first-order chi connectivity index (χ1) is 6.88. The second-order valence-corrected chi connectivity index (χ2v) is 8.31. The van der Waals surface area contributed by atoms with Crippen LogP contribution in [-0.4, -0.2) is 26.7 Å². The van der Waals surface area contributed by atoms with E-state index in [0.717, 1.165) is 6.42 Å². The highest BCUT2D eigenvalue weighted by Gasteiger charge is 2.37. The molecule has 0 N–H and O–H groups in total. The van der Waals surface area contributed by atoms with Gasteiger partial charge in [0.2, 0.25) is 0 Å². The molecule has 88 valence electrons. The standard InChI is InChI=1S/C10H14Br2Cl2O/c1-6-3-4-7(10(2,14)5-13)15-8(6)9(11)12/h3,7-9H,4-5H2,1-2H3/t7-,8-,10-/m0/s1. The summed E-state index contributed by atoms with van der Waals surface area (Å²) in [6, 6.07) is 0. The fourth-order valence-electron chi connectivity index (χ4n) is 1.48. The van der Waals surface area contributed by atoms with Crippen molar-refractivity contribution in [2.24, 2.45) is 0 Å². The van der Waals surface area contributed by atoms with Crippen LogP contribution in [0.5, 0.6) is 0 Å². The highest BCUT2D eigenvalue weighted by Crippen LogP contribution is 2.35. The average molecular weight is 381 g/mol. The van der Waals surface area contributed by atoms with Gasteiger partial charge in [0.25, 0.3) is 0 Å². The van der Waals surface area contributed by atoms with Gasteiger partial charge in [-0.15, -0.1) is 23.2 Å². The van der Waals surface area contributed by atoms with Gasteiger partial charge in [0.15, 0.2) is 0 Å². The van der Waals surface area contributed by atoms with E-state index in [1.165, 1.54) is 5.57 Å². The van der Waals surface area contributed by atoms with E-state index in [4.69, 9.17) is 27.9 Å². The smallest absolute Gasteiger partial charge is 0.101 e. The first-order valence-electron chi connectivity index (χ1n) is 4.73. The van der Waals surface area contributed by atoms with Crippen molar-refractivity contribution in [3.05, 3.63) is 11.6 Å². The maximum absolute atomic E-state index is 6.30. The number of hydrogen-bond donors (Lipinski definition) is 0. The molecule has 15 heavy (non-hydrogen) atoms. The quantitative estimate of drug-likeness (QED) is 0.519. The van der Waals surface area contributed by atoms with Crippen molar-refractivity contribution in [2.75, 3.05) is 5.88 Å². The van der Waals surface area contributed by atoms with Crippen LogP contribution in [0, 0.1) is 0 Å². The molecular formula is C10H14Br2Cl2O. The van der Waals surface area contributed by atoms with Gasteiger partial charge in [-0.25, -0.2) is 0 Å². The van der Waals surface area contributed by atoms with Crippen LogP contribution in [0.25, 0.3) is 0 Å². The van der Waals surface area contributed by atoms with Crippen molar-refractivity contribution < 1.29 is 4.74 Å². The van der Waals surface area contributed by atoms with Crippen molar-refractivity contribution in [1.82, 2.24) is 0 Å². The van der Waals surface area contributed by atoms with E-state index in [0.29, 0.717) is 5.88 Å². The molecule has 0 fully saturated rings. The highest BCUT2D eigenvalue weighted by molar-refractivity contribution is 9.24. The van der Waals surface area contributed by atoms with Crippen molar-refractivity contribution in [3.63, 3.8) is 0 Å². The lowest BCUT2D eigenvalue weighted by Crippen LogP contribution is -2.43. The van der Waals surface area contributed by atoms with Gasteiger partial charge < -0.3 is 4.74 Å². The molecule has 0 aromatic carbocycles. The molecule has 3 atom stereocenters. The van der Waals surface area contributed by atoms with Crippen LogP contribution in [0.2, 0.25) is 0 Å². The molecule has 0 saturated heterocycles. The Hall–Kier alpha value is 1.24. The first kappa shape index (κ1) is 14.3. The second kappa shape index (κ2) is 5.72. The number of rotatable bonds is 3. The van der Waals surface area contributed by atoms with Crippen LogP contribution in [0.1, 0.15) is 20.3 Å². The highest BCUT2D eigenvalue weighted by atomic mass is 79.9. The van der Waals surface area contributed by atoms with E-state index in [1.54, 1.807) is 0 Å². The largest absolute Gasteiger partial charge is 0.366 e. The van der Waals surface area contributed by atoms with Crippen LogP contribution in [0.3, 0.4) is 0 Å². The first-order valence-corrected chi connectivity index (χ1v) is 7.48. The Kier molecular flexibility index (Phi) is 5.46. The Labute approximate surface area is 118 Å². The monoisotopic (exact) mass is 378 g/mol. The molecular weight excluding hydrogens is 367 g/mol. The van der Waals surface area contributed by atoms with E-state index < -0.39 is 4.87 Å². The molecule has 5 heteroatoms. The molecule has 1 rings (SSSR count). The predicted octanol–water partition coefficient (Wildman–Crippen LogP) is 4.44. The minimum absolute atomic E-state index is 0.0186. The van der Waals surface area contributed by atoms with Gasteiger partial charge >= 0.3 is 0 Å². The van der Waals surface area contributed by atoms with E-state index in [-0.39, 0.29) is 15.9 Å². The zero-order chi connectivity index (χ0) is 11.6. The fraction of sp³-hybridized carbons (Fsp3) is 0.800. The van der Waals surface area contributed by atoms with Gasteiger partial charge in [-0.3, -0.25) is 0 Å². The number of halogens is 4. The molecule has 1 heterocycles. The van der Waals surface area contributed by atoms with E-state index in [1.807, 2.05) is 6.92 Å². The maximum Gasteiger partial charge on any atom is 0.101 e. The second-order valence-electron chi connectivity index (χ2n) is 3.98. The Morgan fingerprint density at radius 1 is 1.67 bits per heavy atom. The van der Waals surface area contributed by atoms with Gasteiger partial charge in [-0.1, -0.05) is 37.9 Å². The van der Waals surface area contributed by atoms with Crippen LogP contribution >= 0.6 is 55.1 Å². The Morgan fingerprint density at radius 3 is 2.73 bits per heavy atom. The molecule has 0 aromatic heterocycles. The van der Waals surface area contributed by atoms with E-state index in [2.05, 4.69) is 44.9 Å². The third kappa shape index (κ3) is 3.60. The molecule has 0 aliphatic carbocycles. The summed E-state index contributed by atoms with van der Waals surface area (Å²) in [5.41, 5.74) is 1.21. The molecule has 0 amide bonds. The molecule has 1 aliphatic heterocycles. The Morgan fingerprint density at radius 2 is 2.27 bits per heavy atom. The summed E-state index contributed by atoms with van der Waals surface area (Å²) in [6.45, 7) is 3.97. The Bertz CT molecular complexity index is 254. The third-order valence-corrected chi connectivity index (χ3v) is 4.60. The minimum Gasteiger partial charge on any atom is -0.366 e. The molecule has 0 unspecified atom stereocenters. The van der Waals surface area contributed by atoms with Gasteiger partial charge in [0, 0.05) is 5.88 Å². The maximum atomic E-state index is 6.30. The molecule has 0 spiro atoms. The van der Waals surface area contributed by atoms with Crippen LogP contribution in [0.4, 0.5) is 0 Å². The number of ether oxygens (including phenoxy) is 1. The SMILES string of the molecule is CC1=CC[C@@H]([C@@](C)(Cl)CCl)O[C@@H]1C(Br)Br. The predicted molar refractivity (Wildman–Crippen MR) is 73.7 cm³/mol. The molecule has 1 aliphatic rings. The summed E-state index contributed by atoms with van der Waals surface area (Å²) in [6.07, 6.45) is 2.97. The van der Waals surface area contributed by atoms with Crippen LogP contribution in [-0.2, 0) is 4.74 Å². The third-order valence-electron chi connectivity index (χ3n) is 2.58. The summed E-state index contributed by atoms with van der Waals surface area (Å²) < 4.78 is 6.04. The summed E-state index contributed by atoms with van der Waals surface area (Å²) in [5, 5.41) is 0. The van der Waals surface area contributed by atoms with Crippen LogP contribution in [0.15, 0.2) is 11.6 Å². The lowest BCUT2D eigenvalue weighted by molar-refractivity contribution is -0.00861. The summed E-state index contributed by atoms with van der Waals surface area (Å²) in [4.78, 5) is -0.508. The molecule has 0 aromatic rings. The molecule has 0 bridgehead atoms. The number of alkyl halides is 4. The molecule has 0 saturated carbocycles. The average Bonchev–Trinajstić information content (AvgIpc) is 2.17. The van der Waals surface area contributed by atoms with Crippen molar-refractivity contribution in [1.29, 1.82) is 0 Å². The van der Waals surface area contributed by atoms with Gasteiger partial charge in [-0.05, 0) is 25.8 Å². The number of hydrogen-bond acceptors (Lipinski definition) is 1. The topological polar surface area (TPSA) is 9.23 Å². The van der Waals surface area contributed by atoms with Crippen molar-refractivity contribution in [2.45, 2.75) is 41.1 Å². The zero-order valence-corrected chi connectivity index (χ0v) is 13.3.